The highest BCUT2D eigenvalue weighted by Crippen LogP contribution is 2.23. The summed E-state index contributed by atoms with van der Waals surface area (Å²) in [5, 5.41) is 20.7. The Bertz CT molecular complexity index is 786. The minimum atomic E-state index is -0.991. The van der Waals surface area contributed by atoms with Crippen molar-refractivity contribution in [3.8, 4) is 5.75 Å². The van der Waals surface area contributed by atoms with Crippen molar-refractivity contribution < 1.29 is 19.3 Å². The van der Waals surface area contributed by atoms with E-state index in [1.807, 2.05) is 25.1 Å². The van der Waals surface area contributed by atoms with E-state index in [0.717, 1.165) is 55.7 Å². The Kier molecular flexibility index (Phi) is 7.98. The number of ether oxygens (including phenoxy) is 1. The lowest BCUT2D eigenvalue weighted by Crippen LogP contribution is -2.36. The Hall–Kier alpha value is -2.02. The van der Waals surface area contributed by atoms with Gasteiger partial charge in [0, 0.05) is 18.8 Å². The average Bonchev–Trinajstić information content (AvgIpc) is 2.69. The number of aliphatic hydroxyl groups excluding tert-OH is 2. The van der Waals surface area contributed by atoms with E-state index in [2.05, 4.69) is 9.88 Å². The second-order valence-corrected chi connectivity index (χ2v) is 7.84. The first-order valence-corrected chi connectivity index (χ1v) is 10.4. The fourth-order valence-corrected chi connectivity index (χ4v) is 3.69. The van der Waals surface area contributed by atoms with Gasteiger partial charge in [0.25, 0.3) is 0 Å². The molecule has 2 aromatic rings. The van der Waals surface area contributed by atoms with Crippen LogP contribution in [0.25, 0.3) is 0 Å². The van der Waals surface area contributed by atoms with Crippen LogP contribution in [0, 0.1) is 12.7 Å². The third-order valence-electron chi connectivity index (χ3n) is 5.37. The van der Waals surface area contributed by atoms with Crippen LogP contribution < -0.4 is 4.74 Å². The van der Waals surface area contributed by atoms with Gasteiger partial charge in [0.2, 0.25) is 0 Å². The number of rotatable bonds is 2. The van der Waals surface area contributed by atoms with E-state index in [0.29, 0.717) is 18.7 Å². The number of hydrogen-bond acceptors (Lipinski definition) is 5. The Morgan fingerprint density at radius 2 is 1.97 bits per heavy atom. The standard InChI is InChI=1S/C23H31FN2O3/c1-17-6-5-8-20(25-17)15-26-12-4-2-3-7-18-14-19(24)9-10-23(18)29-16-22(28)21(27)11-13-26/h5-6,8-10,14,21-22,27-28H,2-4,7,11-13,15-16H2,1H3/t21-,22+/m0/s1. The van der Waals surface area contributed by atoms with Crippen molar-refractivity contribution in [2.45, 2.75) is 57.8 Å². The van der Waals surface area contributed by atoms with Crippen LogP contribution in [-0.2, 0) is 13.0 Å². The number of hydrogen-bond donors (Lipinski definition) is 2. The second kappa shape index (κ2) is 10.7. The summed E-state index contributed by atoms with van der Waals surface area (Å²) in [6, 6.07) is 10.5. The van der Waals surface area contributed by atoms with Crippen molar-refractivity contribution in [2.24, 2.45) is 0 Å². The Morgan fingerprint density at radius 1 is 1.10 bits per heavy atom. The molecular weight excluding hydrogens is 371 g/mol. The highest BCUT2D eigenvalue weighted by atomic mass is 19.1. The number of aromatic nitrogens is 1. The normalized spacial score (nSPS) is 22.3. The molecule has 0 radical (unpaired) electrons. The minimum Gasteiger partial charge on any atom is -0.491 e. The van der Waals surface area contributed by atoms with E-state index in [1.165, 1.54) is 12.1 Å². The minimum absolute atomic E-state index is 0.0146. The molecular formula is C23H31FN2O3. The number of pyridine rings is 1. The Balaban J connectivity index is 1.67. The molecule has 0 fully saturated rings. The van der Waals surface area contributed by atoms with Gasteiger partial charge >= 0.3 is 0 Å². The molecule has 0 saturated carbocycles. The fraction of sp³-hybridized carbons (Fsp3) is 0.522. The van der Waals surface area contributed by atoms with Gasteiger partial charge in [-0.25, -0.2) is 4.39 Å². The summed E-state index contributed by atoms with van der Waals surface area (Å²) >= 11 is 0. The van der Waals surface area contributed by atoms with Crippen LogP contribution in [0.4, 0.5) is 4.39 Å². The maximum Gasteiger partial charge on any atom is 0.123 e. The number of benzene rings is 1. The molecule has 1 aromatic carbocycles. The zero-order valence-corrected chi connectivity index (χ0v) is 17.1. The molecule has 5 nitrogen and oxygen atoms in total. The molecule has 158 valence electrons. The molecule has 0 unspecified atom stereocenters. The molecule has 29 heavy (non-hydrogen) atoms. The summed E-state index contributed by atoms with van der Waals surface area (Å²) in [6.07, 6.45) is 2.29. The molecule has 0 bridgehead atoms. The van der Waals surface area contributed by atoms with Gasteiger partial charge in [0.1, 0.15) is 24.3 Å². The molecule has 1 aliphatic rings. The number of fused-ring (bicyclic) bond motifs is 1. The first-order valence-electron chi connectivity index (χ1n) is 10.4. The van der Waals surface area contributed by atoms with Gasteiger partial charge in [-0.2, -0.15) is 0 Å². The zero-order valence-electron chi connectivity index (χ0n) is 17.1. The number of aryl methyl sites for hydroxylation is 2. The molecule has 1 aliphatic heterocycles. The fourth-order valence-electron chi connectivity index (χ4n) is 3.69. The van der Waals surface area contributed by atoms with Gasteiger partial charge in [0.05, 0.1) is 11.8 Å². The second-order valence-electron chi connectivity index (χ2n) is 7.84. The van der Waals surface area contributed by atoms with Crippen LogP contribution in [0.15, 0.2) is 36.4 Å². The van der Waals surface area contributed by atoms with E-state index in [1.54, 1.807) is 6.07 Å². The van der Waals surface area contributed by atoms with Crippen LogP contribution in [-0.4, -0.2) is 52.0 Å². The molecule has 0 spiro atoms. The number of halogens is 1. The van der Waals surface area contributed by atoms with Crippen molar-refractivity contribution >= 4 is 0 Å². The topological polar surface area (TPSA) is 65.8 Å². The molecule has 2 heterocycles. The molecule has 2 N–H and O–H groups in total. The average molecular weight is 403 g/mol. The maximum atomic E-state index is 13.6. The van der Waals surface area contributed by atoms with Crippen LogP contribution in [0.3, 0.4) is 0 Å². The molecule has 6 heteroatoms. The molecule has 0 saturated heterocycles. The molecule has 3 rings (SSSR count). The monoisotopic (exact) mass is 402 g/mol. The maximum absolute atomic E-state index is 13.6. The highest BCUT2D eigenvalue weighted by molar-refractivity contribution is 5.34. The third kappa shape index (κ3) is 6.77. The lowest BCUT2D eigenvalue weighted by molar-refractivity contribution is -0.0163. The van der Waals surface area contributed by atoms with Crippen molar-refractivity contribution in [1.82, 2.24) is 9.88 Å². The van der Waals surface area contributed by atoms with Gasteiger partial charge < -0.3 is 14.9 Å². The number of nitrogens with zero attached hydrogens (tertiary/aromatic N) is 2. The van der Waals surface area contributed by atoms with E-state index in [9.17, 15) is 14.6 Å². The van der Waals surface area contributed by atoms with Crippen LogP contribution >= 0.6 is 0 Å². The van der Waals surface area contributed by atoms with Crippen LogP contribution in [0.5, 0.6) is 5.75 Å². The van der Waals surface area contributed by atoms with Gasteiger partial charge in [-0.15, -0.1) is 0 Å². The van der Waals surface area contributed by atoms with Crippen molar-refractivity contribution in [3.05, 3.63) is 59.2 Å². The van der Waals surface area contributed by atoms with E-state index in [4.69, 9.17) is 4.74 Å². The Morgan fingerprint density at radius 3 is 2.79 bits per heavy atom. The van der Waals surface area contributed by atoms with E-state index in [-0.39, 0.29) is 12.4 Å². The SMILES string of the molecule is Cc1cccc(CN2CCCCCc3cc(F)ccc3OC[C@@H](O)[C@@H](O)CC2)n1. The van der Waals surface area contributed by atoms with E-state index < -0.39 is 12.2 Å². The van der Waals surface area contributed by atoms with Crippen LogP contribution in [0.1, 0.15) is 42.6 Å². The zero-order chi connectivity index (χ0) is 20.6. The van der Waals surface area contributed by atoms with Gasteiger partial charge in [-0.05, 0) is 75.0 Å². The van der Waals surface area contributed by atoms with E-state index >= 15 is 0 Å². The van der Waals surface area contributed by atoms with Gasteiger partial charge in [-0.1, -0.05) is 12.5 Å². The predicted molar refractivity (Wildman–Crippen MR) is 110 cm³/mol. The Labute approximate surface area is 172 Å². The summed E-state index contributed by atoms with van der Waals surface area (Å²) in [7, 11) is 0. The highest BCUT2D eigenvalue weighted by Gasteiger charge is 2.20. The third-order valence-corrected chi connectivity index (χ3v) is 5.37. The van der Waals surface area contributed by atoms with Crippen molar-refractivity contribution in [3.63, 3.8) is 0 Å². The van der Waals surface area contributed by atoms with Crippen molar-refractivity contribution in [1.29, 1.82) is 0 Å². The molecule has 2 atom stereocenters. The van der Waals surface area contributed by atoms with Crippen LogP contribution in [0.2, 0.25) is 0 Å². The number of aliphatic hydroxyl groups is 2. The first-order chi connectivity index (χ1) is 14.0. The quantitative estimate of drug-likeness (QED) is 0.807. The first kappa shape index (κ1) is 21.7. The summed E-state index contributed by atoms with van der Waals surface area (Å²) in [6.45, 7) is 4.25. The lowest BCUT2D eigenvalue weighted by Gasteiger charge is -2.26. The molecule has 0 amide bonds. The smallest absolute Gasteiger partial charge is 0.123 e. The predicted octanol–water partition coefficient (Wildman–Crippen LogP) is 3.25. The van der Waals surface area contributed by atoms with Crippen molar-refractivity contribution in [2.75, 3.05) is 19.7 Å². The lowest BCUT2D eigenvalue weighted by atomic mass is 10.0. The summed E-state index contributed by atoms with van der Waals surface area (Å²) in [5.74, 6) is 0.299. The van der Waals surface area contributed by atoms with Gasteiger partial charge in [0.15, 0.2) is 0 Å². The molecule has 1 aromatic heterocycles. The molecule has 0 aliphatic carbocycles. The summed E-state index contributed by atoms with van der Waals surface area (Å²) < 4.78 is 19.3. The summed E-state index contributed by atoms with van der Waals surface area (Å²) in [5.41, 5.74) is 2.81. The van der Waals surface area contributed by atoms with Gasteiger partial charge in [-0.3, -0.25) is 9.88 Å². The summed E-state index contributed by atoms with van der Waals surface area (Å²) in [4.78, 5) is 6.86. The largest absolute Gasteiger partial charge is 0.491 e.